The molecule has 1 aliphatic rings. The van der Waals surface area contributed by atoms with Crippen molar-refractivity contribution in [2.24, 2.45) is 0 Å². The van der Waals surface area contributed by atoms with Gasteiger partial charge < -0.3 is 5.11 Å². The monoisotopic (exact) mass is 289 g/mol. The molecule has 0 spiro atoms. The second kappa shape index (κ2) is 5.47. The third-order valence-electron chi connectivity index (χ3n) is 3.07. The van der Waals surface area contributed by atoms with Crippen molar-refractivity contribution in [2.75, 3.05) is 24.6 Å². The summed E-state index contributed by atoms with van der Waals surface area (Å²) >= 11 is 5.84. The van der Waals surface area contributed by atoms with Crippen LogP contribution in [0.15, 0.2) is 18.2 Å². The minimum Gasteiger partial charge on any atom is -0.506 e. The molecule has 1 aromatic rings. The number of rotatable bonds is 2. The van der Waals surface area contributed by atoms with Crippen LogP contribution < -0.4 is 0 Å². The summed E-state index contributed by atoms with van der Waals surface area (Å²) in [5.74, 6) is 0.567. The number of phenolic OH excluding ortho intramolecular Hbond substituents is 1. The van der Waals surface area contributed by atoms with Gasteiger partial charge in [-0.25, -0.2) is 8.42 Å². The van der Waals surface area contributed by atoms with Gasteiger partial charge in [-0.15, -0.1) is 0 Å². The number of sulfone groups is 1. The number of halogens is 1. The van der Waals surface area contributed by atoms with Crippen LogP contribution >= 0.6 is 11.6 Å². The normalized spacial score (nSPS) is 20.5. The SMILES string of the molecule is O=S1(=O)CCCN(Cc2ccc(O)c(Cl)c2)CC1. The first-order valence-electron chi connectivity index (χ1n) is 5.86. The zero-order chi connectivity index (χ0) is 13.2. The molecule has 0 radical (unpaired) electrons. The summed E-state index contributed by atoms with van der Waals surface area (Å²) in [7, 11) is -2.87. The Labute approximate surface area is 112 Å². The summed E-state index contributed by atoms with van der Waals surface area (Å²) in [6.45, 7) is 1.99. The number of hydrogen-bond acceptors (Lipinski definition) is 4. The zero-order valence-corrected chi connectivity index (χ0v) is 11.5. The van der Waals surface area contributed by atoms with Gasteiger partial charge in [-0.05, 0) is 30.7 Å². The third kappa shape index (κ3) is 3.60. The summed E-state index contributed by atoms with van der Waals surface area (Å²) in [6, 6.07) is 5.09. The van der Waals surface area contributed by atoms with Crippen LogP contribution in [0.3, 0.4) is 0 Å². The highest BCUT2D eigenvalue weighted by Crippen LogP contribution is 2.24. The van der Waals surface area contributed by atoms with Crippen LogP contribution in [0.25, 0.3) is 0 Å². The lowest BCUT2D eigenvalue weighted by Gasteiger charge is -2.19. The maximum absolute atomic E-state index is 11.5. The smallest absolute Gasteiger partial charge is 0.151 e. The van der Waals surface area contributed by atoms with E-state index in [0.717, 1.165) is 12.1 Å². The second-order valence-electron chi connectivity index (χ2n) is 4.57. The Bertz CT molecular complexity index is 530. The van der Waals surface area contributed by atoms with Crippen LogP contribution in [0, 0.1) is 0 Å². The van der Waals surface area contributed by atoms with Crippen molar-refractivity contribution >= 4 is 21.4 Å². The molecule has 0 bridgehead atoms. The molecule has 0 amide bonds. The molecule has 100 valence electrons. The summed E-state index contributed by atoms with van der Waals surface area (Å²) in [4.78, 5) is 2.10. The number of nitrogens with zero attached hydrogens (tertiary/aromatic N) is 1. The number of hydrogen-bond donors (Lipinski definition) is 1. The number of benzene rings is 1. The minimum absolute atomic E-state index is 0.0684. The van der Waals surface area contributed by atoms with Gasteiger partial charge in [0.05, 0.1) is 16.5 Å². The largest absolute Gasteiger partial charge is 0.506 e. The average molecular weight is 290 g/mol. The minimum atomic E-state index is -2.87. The quantitative estimate of drug-likeness (QED) is 0.900. The molecule has 0 saturated carbocycles. The van der Waals surface area contributed by atoms with Crippen molar-refractivity contribution in [3.8, 4) is 5.75 Å². The van der Waals surface area contributed by atoms with Gasteiger partial charge in [-0.1, -0.05) is 17.7 Å². The van der Waals surface area contributed by atoms with Crippen molar-refractivity contribution in [1.82, 2.24) is 4.90 Å². The fraction of sp³-hybridized carbons (Fsp3) is 0.500. The predicted octanol–water partition coefficient (Wildman–Crippen LogP) is 1.67. The average Bonchev–Trinajstić information content (AvgIpc) is 2.46. The van der Waals surface area contributed by atoms with Crippen LogP contribution in [-0.4, -0.2) is 43.0 Å². The third-order valence-corrected chi connectivity index (χ3v) is 5.08. The zero-order valence-electron chi connectivity index (χ0n) is 9.97. The van der Waals surface area contributed by atoms with E-state index in [-0.39, 0.29) is 17.3 Å². The van der Waals surface area contributed by atoms with Crippen molar-refractivity contribution in [1.29, 1.82) is 0 Å². The molecular formula is C12H16ClNO3S. The van der Waals surface area contributed by atoms with Gasteiger partial charge >= 0.3 is 0 Å². The van der Waals surface area contributed by atoms with Crippen LogP contribution in [0.5, 0.6) is 5.75 Å². The van der Waals surface area contributed by atoms with E-state index < -0.39 is 9.84 Å². The highest BCUT2D eigenvalue weighted by atomic mass is 35.5. The van der Waals surface area contributed by atoms with Crippen LogP contribution in [0.1, 0.15) is 12.0 Å². The molecule has 0 aliphatic carbocycles. The van der Waals surface area contributed by atoms with Gasteiger partial charge in [0.1, 0.15) is 5.75 Å². The Morgan fingerprint density at radius 3 is 2.78 bits per heavy atom. The molecule has 18 heavy (non-hydrogen) atoms. The van der Waals surface area contributed by atoms with Crippen molar-refractivity contribution < 1.29 is 13.5 Å². The van der Waals surface area contributed by atoms with Gasteiger partial charge in [0.2, 0.25) is 0 Å². The molecule has 1 N–H and O–H groups in total. The maximum Gasteiger partial charge on any atom is 0.151 e. The lowest BCUT2D eigenvalue weighted by molar-refractivity contribution is 0.287. The Morgan fingerprint density at radius 1 is 1.28 bits per heavy atom. The van der Waals surface area contributed by atoms with Gasteiger partial charge in [-0.3, -0.25) is 4.90 Å². The predicted molar refractivity (Wildman–Crippen MR) is 71.7 cm³/mol. The van der Waals surface area contributed by atoms with E-state index in [1.807, 2.05) is 0 Å². The molecule has 1 saturated heterocycles. The molecule has 1 aromatic carbocycles. The van der Waals surface area contributed by atoms with Crippen molar-refractivity contribution in [2.45, 2.75) is 13.0 Å². The van der Waals surface area contributed by atoms with Crippen LogP contribution in [0.2, 0.25) is 5.02 Å². The summed E-state index contributed by atoms with van der Waals surface area (Å²) in [6.07, 6.45) is 0.675. The number of aromatic hydroxyl groups is 1. The Kier molecular flexibility index (Phi) is 4.14. The first kappa shape index (κ1) is 13.6. The second-order valence-corrected chi connectivity index (χ2v) is 7.28. The molecule has 1 heterocycles. The van der Waals surface area contributed by atoms with Crippen LogP contribution in [0.4, 0.5) is 0 Å². The molecular weight excluding hydrogens is 274 g/mol. The fourth-order valence-electron chi connectivity index (χ4n) is 2.06. The van der Waals surface area contributed by atoms with Gasteiger partial charge in [-0.2, -0.15) is 0 Å². The van der Waals surface area contributed by atoms with E-state index >= 15 is 0 Å². The standard InChI is InChI=1S/C12H16ClNO3S/c13-11-8-10(2-3-12(11)15)9-14-4-1-6-18(16,17)7-5-14/h2-3,8,15H,1,4-7,9H2. The van der Waals surface area contributed by atoms with Gasteiger partial charge in [0.15, 0.2) is 9.84 Å². The van der Waals surface area contributed by atoms with Crippen LogP contribution in [-0.2, 0) is 16.4 Å². The lowest BCUT2D eigenvalue weighted by atomic mass is 10.2. The van der Waals surface area contributed by atoms with Gasteiger partial charge in [0, 0.05) is 13.1 Å². The van der Waals surface area contributed by atoms with E-state index in [0.29, 0.717) is 24.5 Å². The fourth-order valence-corrected chi connectivity index (χ4v) is 3.57. The highest BCUT2D eigenvalue weighted by Gasteiger charge is 2.19. The van der Waals surface area contributed by atoms with Crippen molar-refractivity contribution in [3.05, 3.63) is 28.8 Å². The van der Waals surface area contributed by atoms with E-state index in [4.69, 9.17) is 11.6 Å². The molecule has 0 unspecified atom stereocenters. The summed E-state index contributed by atoms with van der Waals surface area (Å²) < 4.78 is 23.0. The van der Waals surface area contributed by atoms with E-state index in [1.165, 1.54) is 0 Å². The highest BCUT2D eigenvalue weighted by molar-refractivity contribution is 7.91. The van der Waals surface area contributed by atoms with E-state index in [9.17, 15) is 13.5 Å². The Balaban J connectivity index is 2.03. The van der Waals surface area contributed by atoms with Crippen molar-refractivity contribution in [3.63, 3.8) is 0 Å². The molecule has 1 aliphatic heterocycles. The summed E-state index contributed by atoms with van der Waals surface area (Å²) in [5.41, 5.74) is 0.983. The molecule has 2 rings (SSSR count). The van der Waals surface area contributed by atoms with Gasteiger partial charge in [0.25, 0.3) is 0 Å². The number of phenols is 1. The molecule has 0 aromatic heterocycles. The maximum atomic E-state index is 11.5. The molecule has 0 atom stereocenters. The molecule has 1 fully saturated rings. The topological polar surface area (TPSA) is 57.6 Å². The lowest BCUT2D eigenvalue weighted by Crippen LogP contribution is -2.26. The molecule has 4 nitrogen and oxygen atoms in total. The first-order chi connectivity index (χ1) is 8.46. The van der Waals surface area contributed by atoms with E-state index in [1.54, 1.807) is 18.2 Å². The summed E-state index contributed by atoms with van der Waals surface area (Å²) in [5, 5.41) is 9.67. The Morgan fingerprint density at radius 2 is 2.06 bits per heavy atom. The molecule has 6 heteroatoms. The Hall–Kier alpha value is -0.780. The first-order valence-corrected chi connectivity index (χ1v) is 8.06. The van der Waals surface area contributed by atoms with E-state index in [2.05, 4.69) is 4.90 Å².